The number of amides is 1. The molecule has 1 atom stereocenters. The molecule has 1 unspecified atom stereocenters. The number of hydrogen-bond acceptors (Lipinski definition) is 7. The van der Waals surface area contributed by atoms with Gasteiger partial charge in [0.25, 0.3) is 0 Å². The van der Waals surface area contributed by atoms with E-state index in [1.807, 2.05) is 32.1 Å². The summed E-state index contributed by atoms with van der Waals surface area (Å²) in [6.07, 6.45) is 5.41. The van der Waals surface area contributed by atoms with Crippen LogP contribution in [0, 0.1) is 6.92 Å². The maximum Gasteiger partial charge on any atom is 0.244 e. The van der Waals surface area contributed by atoms with Gasteiger partial charge in [-0.2, -0.15) is 10.2 Å². The second-order valence-electron chi connectivity index (χ2n) is 7.08. The number of fused-ring (bicyclic) bond motifs is 1. The van der Waals surface area contributed by atoms with Crippen molar-refractivity contribution in [1.82, 2.24) is 39.7 Å². The monoisotopic (exact) mass is 383 g/mol. The van der Waals surface area contributed by atoms with Gasteiger partial charge in [-0.05, 0) is 14.0 Å². The van der Waals surface area contributed by atoms with Crippen molar-refractivity contribution < 1.29 is 4.79 Å². The SMILES string of the molecule is CNC(C(=O)N1CCN(c2nc(C)nc3c2cnn3C)CC1)c1cnn(C)c1. The predicted octanol–water partition coefficient (Wildman–Crippen LogP) is 0.0145. The Morgan fingerprint density at radius 3 is 2.50 bits per heavy atom. The van der Waals surface area contributed by atoms with E-state index in [0.717, 1.165) is 41.3 Å². The molecule has 10 heteroatoms. The van der Waals surface area contributed by atoms with Crippen LogP contribution in [0.3, 0.4) is 0 Å². The van der Waals surface area contributed by atoms with Crippen molar-refractivity contribution in [3.05, 3.63) is 30.0 Å². The van der Waals surface area contributed by atoms with Gasteiger partial charge in [0.15, 0.2) is 5.65 Å². The fraction of sp³-hybridized carbons (Fsp3) is 0.500. The van der Waals surface area contributed by atoms with Crippen LogP contribution in [0.4, 0.5) is 5.82 Å². The quantitative estimate of drug-likeness (QED) is 0.678. The molecule has 1 amide bonds. The molecular formula is C18H25N9O. The first-order chi connectivity index (χ1) is 13.5. The summed E-state index contributed by atoms with van der Waals surface area (Å²) in [6, 6.07) is -0.383. The lowest BCUT2D eigenvalue weighted by Gasteiger charge is -2.37. The van der Waals surface area contributed by atoms with Gasteiger partial charge >= 0.3 is 0 Å². The Balaban J connectivity index is 1.50. The van der Waals surface area contributed by atoms with Crippen LogP contribution < -0.4 is 10.2 Å². The minimum Gasteiger partial charge on any atom is -0.352 e. The van der Waals surface area contributed by atoms with Crippen molar-refractivity contribution in [2.24, 2.45) is 14.1 Å². The number of nitrogens with one attached hydrogen (secondary N) is 1. The number of anilines is 1. The van der Waals surface area contributed by atoms with E-state index in [4.69, 9.17) is 0 Å². The molecule has 1 aliphatic rings. The highest BCUT2D eigenvalue weighted by atomic mass is 16.2. The zero-order valence-electron chi connectivity index (χ0n) is 16.6. The van der Waals surface area contributed by atoms with E-state index in [1.165, 1.54) is 0 Å². The van der Waals surface area contributed by atoms with Crippen molar-refractivity contribution in [1.29, 1.82) is 0 Å². The molecule has 0 aromatic carbocycles. The highest BCUT2D eigenvalue weighted by molar-refractivity contribution is 5.87. The molecule has 1 aliphatic heterocycles. The smallest absolute Gasteiger partial charge is 0.244 e. The minimum absolute atomic E-state index is 0.0699. The molecule has 0 radical (unpaired) electrons. The maximum absolute atomic E-state index is 13.0. The number of rotatable bonds is 4. The van der Waals surface area contributed by atoms with Crippen molar-refractivity contribution in [3.63, 3.8) is 0 Å². The summed E-state index contributed by atoms with van der Waals surface area (Å²) < 4.78 is 3.47. The van der Waals surface area contributed by atoms with Crippen LogP contribution in [0.1, 0.15) is 17.4 Å². The summed E-state index contributed by atoms with van der Waals surface area (Å²) in [6.45, 7) is 4.61. The number of likely N-dealkylation sites (N-methyl/N-ethyl adjacent to an activating group) is 1. The molecule has 4 rings (SSSR count). The number of hydrogen-bond donors (Lipinski definition) is 1. The molecule has 0 bridgehead atoms. The zero-order valence-corrected chi connectivity index (χ0v) is 16.6. The first-order valence-electron chi connectivity index (χ1n) is 9.34. The van der Waals surface area contributed by atoms with Crippen LogP contribution >= 0.6 is 0 Å². The summed E-state index contributed by atoms with van der Waals surface area (Å²) in [7, 11) is 5.53. The van der Waals surface area contributed by atoms with Gasteiger partial charge in [-0.25, -0.2) is 9.97 Å². The molecule has 4 heterocycles. The van der Waals surface area contributed by atoms with Crippen LogP contribution in [0.15, 0.2) is 18.6 Å². The average molecular weight is 383 g/mol. The number of carbonyl (C=O) groups excluding carboxylic acids is 1. The fourth-order valence-electron chi connectivity index (χ4n) is 3.70. The highest BCUT2D eigenvalue weighted by Gasteiger charge is 2.29. The third kappa shape index (κ3) is 3.19. The minimum atomic E-state index is -0.383. The molecule has 1 N–H and O–H groups in total. The van der Waals surface area contributed by atoms with Gasteiger partial charge in [0, 0.05) is 52.0 Å². The van der Waals surface area contributed by atoms with Gasteiger partial charge in [-0.15, -0.1) is 0 Å². The topological polar surface area (TPSA) is 97.0 Å². The van der Waals surface area contributed by atoms with Gasteiger partial charge in [0.05, 0.1) is 17.8 Å². The molecule has 0 saturated carbocycles. The van der Waals surface area contributed by atoms with E-state index in [0.29, 0.717) is 13.1 Å². The third-order valence-electron chi connectivity index (χ3n) is 5.17. The van der Waals surface area contributed by atoms with Crippen LogP contribution in [0.25, 0.3) is 11.0 Å². The van der Waals surface area contributed by atoms with Gasteiger partial charge in [-0.3, -0.25) is 14.2 Å². The number of piperazine rings is 1. The van der Waals surface area contributed by atoms with Crippen LogP contribution in [-0.4, -0.2) is 73.6 Å². The predicted molar refractivity (Wildman–Crippen MR) is 105 cm³/mol. The summed E-state index contributed by atoms with van der Waals surface area (Å²) in [4.78, 5) is 26.3. The van der Waals surface area contributed by atoms with E-state index in [9.17, 15) is 4.79 Å². The zero-order chi connectivity index (χ0) is 19.8. The largest absolute Gasteiger partial charge is 0.352 e. The molecule has 1 fully saturated rings. The lowest BCUT2D eigenvalue weighted by Crippen LogP contribution is -2.51. The Labute approximate surface area is 163 Å². The number of aromatic nitrogens is 6. The Morgan fingerprint density at radius 1 is 1.11 bits per heavy atom. The molecule has 10 nitrogen and oxygen atoms in total. The molecule has 148 valence electrons. The van der Waals surface area contributed by atoms with Crippen molar-refractivity contribution >= 4 is 22.8 Å². The fourth-order valence-corrected chi connectivity index (χ4v) is 3.70. The normalized spacial score (nSPS) is 16.0. The van der Waals surface area contributed by atoms with Gasteiger partial charge in [0.2, 0.25) is 5.91 Å². The van der Waals surface area contributed by atoms with E-state index >= 15 is 0 Å². The molecule has 0 aliphatic carbocycles. The first-order valence-corrected chi connectivity index (χ1v) is 9.34. The van der Waals surface area contributed by atoms with Crippen molar-refractivity contribution in [2.45, 2.75) is 13.0 Å². The van der Waals surface area contributed by atoms with E-state index in [-0.39, 0.29) is 11.9 Å². The Bertz CT molecular complexity index is 1000. The second kappa shape index (κ2) is 7.19. The summed E-state index contributed by atoms with van der Waals surface area (Å²) in [5.74, 6) is 1.68. The Hall–Kier alpha value is -3.01. The molecule has 28 heavy (non-hydrogen) atoms. The van der Waals surface area contributed by atoms with E-state index < -0.39 is 0 Å². The Morgan fingerprint density at radius 2 is 1.86 bits per heavy atom. The molecule has 0 spiro atoms. The number of nitrogens with zero attached hydrogens (tertiary/aromatic N) is 8. The molecule has 3 aromatic heterocycles. The second-order valence-corrected chi connectivity index (χ2v) is 7.08. The van der Waals surface area contributed by atoms with E-state index in [1.54, 1.807) is 28.8 Å². The third-order valence-corrected chi connectivity index (χ3v) is 5.17. The van der Waals surface area contributed by atoms with Crippen molar-refractivity contribution in [2.75, 3.05) is 38.1 Å². The van der Waals surface area contributed by atoms with Crippen LogP contribution in [0.5, 0.6) is 0 Å². The molecule has 3 aromatic rings. The first kappa shape index (κ1) is 18.4. The summed E-state index contributed by atoms with van der Waals surface area (Å²) in [5, 5.41) is 12.5. The molecular weight excluding hydrogens is 358 g/mol. The van der Waals surface area contributed by atoms with Crippen LogP contribution in [-0.2, 0) is 18.9 Å². The van der Waals surface area contributed by atoms with Gasteiger partial charge in [-0.1, -0.05) is 0 Å². The van der Waals surface area contributed by atoms with Crippen molar-refractivity contribution in [3.8, 4) is 0 Å². The highest BCUT2D eigenvalue weighted by Crippen LogP contribution is 2.25. The maximum atomic E-state index is 13.0. The van der Waals surface area contributed by atoms with Gasteiger partial charge < -0.3 is 15.1 Å². The lowest BCUT2D eigenvalue weighted by atomic mass is 10.1. The van der Waals surface area contributed by atoms with Gasteiger partial charge in [0.1, 0.15) is 17.7 Å². The Kier molecular flexibility index (Phi) is 4.71. The molecule has 1 saturated heterocycles. The summed E-state index contributed by atoms with van der Waals surface area (Å²) >= 11 is 0. The number of carbonyl (C=O) groups is 1. The lowest BCUT2D eigenvalue weighted by molar-refractivity contribution is -0.133. The number of aryl methyl sites for hydroxylation is 3. The van der Waals surface area contributed by atoms with E-state index in [2.05, 4.69) is 30.4 Å². The standard InChI is InChI=1S/C18H25N9O/c1-12-22-16-14(10-21-25(16)4)17(23-12)26-5-7-27(8-6-26)18(28)15(19-2)13-9-20-24(3)11-13/h9-11,15,19H,5-8H2,1-4H3. The average Bonchev–Trinajstić information content (AvgIpc) is 3.28. The van der Waals surface area contributed by atoms with Crippen LogP contribution in [0.2, 0.25) is 0 Å². The summed E-state index contributed by atoms with van der Waals surface area (Å²) in [5.41, 5.74) is 1.70.